The lowest BCUT2D eigenvalue weighted by Crippen LogP contribution is -2.24. The molecule has 0 spiro atoms. The van der Waals surface area contributed by atoms with E-state index < -0.39 is 44.3 Å². The largest absolute Gasteiger partial charge is 0.506 e. The van der Waals surface area contributed by atoms with E-state index in [0.29, 0.717) is 5.69 Å². The van der Waals surface area contributed by atoms with Gasteiger partial charge >= 0.3 is 5.63 Å². The van der Waals surface area contributed by atoms with Gasteiger partial charge in [-0.2, -0.15) is 8.42 Å². The molecule has 1 heterocycles. The van der Waals surface area contributed by atoms with E-state index in [4.69, 9.17) is 5.73 Å². The zero-order valence-corrected chi connectivity index (χ0v) is 19.8. The van der Waals surface area contributed by atoms with Gasteiger partial charge in [0.2, 0.25) is 5.96 Å². The number of rotatable bonds is 6. The van der Waals surface area contributed by atoms with Crippen molar-refractivity contribution in [3.05, 3.63) is 75.6 Å². The summed E-state index contributed by atoms with van der Waals surface area (Å²) in [6, 6.07) is 12.3. The Morgan fingerprint density at radius 2 is 1.71 bits per heavy atom. The molecule has 0 aliphatic carbocycles. The Morgan fingerprint density at radius 3 is 2.34 bits per heavy atom. The molecular weight excluding hydrogens is 476 g/mol. The van der Waals surface area contributed by atoms with E-state index in [1.54, 1.807) is 30.3 Å². The number of guanidine groups is 1. The Balaban J connectivity index is 1.90. The summed E-state index contributed by atoms with van der Waals surface area (Å²) in [4.78, 5) is 28.1. The van der Waals surface area contributed by atoms with Crippen molar-refractivity contribution in [3.8, 4) is 11.7 Å². The summed E-state index contributed by atoms with van der Waals surface area (Å²) in [7, 11) is -4.03. The van der Waals surface area contributed by atoms with Crippen molar-refractivity contribution in [1.82, 2.24) is 0 Å². The van der Waals surface area contributed by atoms with Gasteiger partial charge in [0.1, 0.15) is 16.9 Å². The highest BCUT2D eigenvalue weighted by Crippen LogP contribution is 2.29. The number of nitrogens with two attached hydrogens (primary N) is 1. The number of anilines is 1. The highest BCUT2D eigenvalue weighted by atomic mass is 32.2. The number of ketones is 1. The average molecular weight is 499 g/mol. The van der Waals surface area contributed by atoms with Crippen LogP contribution in [-0.4, -0.2) is 36.1 Å². The summed E-state index contributed by atoms with van der Waals surface area (Å²) in [5.41, 5.74) is 5.29. The first-order chi connectivity index (χ1) is 16.4. The van der Waals surface area contributed by atoms with E-state index in [1.807, 2.05) is 6.92 Å². The van der Waals surface area contributed by atoms with Crippen LogP contribution in [0.4, 0.5) is 11.4 Å². The van der Waals surface area contributed by atoms with Crippen LogP contribution in [0.3, 0.4) is 0 Å². The maximum atomic E-state index is 12.4. The van der Waals surface area contributed by atoms with Gasteiger partial charge in [0.05, 0.1) is 16.3 Å². The number of nitrogens with one attached hydrogen (secondary N) is 1. The minimum absolute atomic E-state index is 0.000474. The van der Waals surface area contributed by atoms with Crippen molar-refractivity contribution in [1.29, 1.82) is 0 Å². The van der Waals surface area contributed by atoms with Crippen LogP contribution in [0.1, 0.15) is 35.3 Å². The van der Waals surface area contributed by atoms with Gasteiger partial charge < -0.3 is 25.7 Å². The normalized spacial score (nSPS) is 12.4. The van der Waals surface area contributed by atoms with Crippen LogP contribution in [-0.2, 0) is 10.0 Å². The summed E-state index contributed by atoms with van der Waals surface area (Å²) < 4.78 is 33.1. The molecule has 0 amide bonds. The van der Waals surface area contributed by atoms with Crippen LogP contribution >= 0.6 is 0 Å². The van der Waals surface area contributed by atoms with Gasteiger partial charge in [-0.25, -0.2) is 4.79 Å². The Bertz CT molecular complexity index is 1520. The number of aromatic hydroxyl groups is 2. The number of Topliss-reactive ketones (excluding diaryl/α,β-unsaturated/α-hetero) is 1. The standard InChI is InChI=1S/C23H22N4O7S/c1-12-7-9-17(10-8-12)35(32,33)27-23(24)26-16-6-4-5-15(11-16)25-13(2)18-20(29)19(14(3)28)22(31)34-21(18)30/h4-11,29,31H,1-3H3,(H3,24,26,27). The zero-order valence-electron chi connectivity index (χ0n) is 18.9. The number of nitrogens with zero attached hydrogens (tertiary/aromatic N) is 2. The predicted octanol–water partition coefficient (Wildman–Crippen LogP) is 2.82. The lowest BCUT2D eigenvalue weighted by atomic mass is 10.1. The first-order valence-corrected chi connectivity index (χ1v) is 11.5. The lowest BCUT2D eigenvalue weighted by molar-refractivity contribution is 0.100. The molecule has 0 saturated carbocycles. The van der Waals surface area contributed by atoms with Crippen molar-refractivity contribution in [3.63, 3.8) is 0 Å². The van der Waals surface area contributed by atoms with E-state index >= 15 is 0 Å². The second kappa shape index (κ2) is 9.81. The third kappa shape index (κ3) is 5.73. The van der Waals surface area contributed by atoms with Gasteiger partial charge in [-0.15, -0.1) is 4.40 Å². The van der Waals surface area contributed by atoms with Crippen LogP contribution in [0.5, 0.6) is 11.7 Å². The minimum Gasteiger partial charge on any atom is -0.506 e. The molecule has 12 heteroatoms. The molecule has 0 unspecified atom stereocenters. The number of aryl methyl sites for hydroxylation is 1. The maximum absolute atomic E-state index is 12.4. The highest BCUT2D eigenvalue weighted by molar-refractivity contribution is 7.90. The molecular formula is C23H22N4O7S. The van der Waals surface area contributed by atoms with Crippen molar-refractivity contribution < 1.29 is 27.8 Å². The van der Waals surface area contributed by atoms with E-state index in [9.17, 15) is 28.2 Å². The van der Waals surface area contributed by atoms with E-state index in [-0.39, 0.29) is 22.3 Å². The van der Waals surface area contributed by atoms with Crippen LogP contribution in [0, 0.1) is 6.92 Å². The third-order valence-corrected chi connectivity index (χ3v) is 6.05. The molecule has 182 valence electrons. The summed E-state index contributed by atoms with van der Waals surface area (Å²) in [6.45, 7) is 4.31. The number of carbonyl (C=O) groups excluding carboxylic acids is 1. The van der Waals surface area contributed by atoms with Crippen LogP contribution in [0.2, 0.25) is 0 Å². The van der Waals surface area contributed by atoms with Crippen molar-refractivity contribution >= 4 is 38.9 Å². The van der Waals surface area contributed by atoms with Gasteiger partial charge in [0, 0.05) is 5.69 Å². The minimum atomic E-state index is -4.03. The number of hydrogen-bond donors (Lipinski definition) is 4. The second-order valence-electron chi connectivity index (χ2n) is 7.49. The average Bonchev–Trinajstić information content (AvgIpc) is 2.73. The Morgan fingerprint density at radius 1 is 1.06 bits per heavy atom. The number of hydrogen-bond acceptors (Lipinski definition) is 8. The summed E-state index contributed by atoms with van der Waals surface area (Å²) >= 11 is 0. The van der Waals surface area contributed by atoms with E-state index in [2.05, 4.69) is 19.1 Å². The molecule has 3 rings (SSSR count). The van der Waals surface area contributed by atoms with Crippen LogP contribution in [0.15, 0.2) is 72.0 Å². The van der Waals surface area contributed by atoms with Crippen molar-refractivity contribution in [2.24, 2.45) is 15.1 Å². The third-order valence-electron chi connectivity index (χ3n) is 4.75. The summed E-state index contributed by atoms with van der Waals surface area (Å²) in [5, 5.41) is 22.7. The topological polar surface area (TPSA) is 185 Å². The Hall–Kier alpha value is -4.45. The number of sulfonamides is 1. The summed E-state index contributed by atoms with van der Waals surface area (Å²) in [5.74, 6) is -2.83. The Kier molecular flexibility index (Phi) is 7.06. The zero-order chi connectivity index (χ0) is 25.9. The van der Waals surface area contributed by atoms with Gasteiger partial charge in [0.15, 0.2) is 5.78 Å². The molecule has 2 aromatic carbocycles. The lowest BCUT2D eigenvalue weighted by Gasteiger charge is -2.09. The number of aliphatic imine (C=N–C) groups is 1. The fourth-order valence-corrected chi connectivity index (χ4v) is 4.01. The van der Waals surface area contributed by atoms with Crippen molar-refractivity contribution in [2.75, 3.05) is 5.32 Å². The van der Waals surface area contributed by atoms with E-state index in [1.165, 1.54) is 25.1 Å². The quantitative estimate of drug-likeness (QED) is 0.225. The molecule has 1 aromatic heterocycles. The Labute approximate surface area is 200 Å². The van der Waals surface area contributed by atoms with Crippen LogP contribution in [0.25, 0.3) is 0 Å². The smallest absolute Gasteiger partial charge is 0.351 e. The molecule has 0 radical (unpaired) electrons. The first kappa shape index (κ1) is 25.2. The van der Waals surface area contributed by atoms with E-state index in [0.717, 1.165) is 12.5 Å². The second-order valence-corrected chi connectivity index (χ2v) is 9.09. The molecule has 5 N–H and O–H groups in total. The molecule has 11 nitrogen and oxygen atoms in total. The number of benzene rings is 2. The fraction of sp³-hybridized carbons (Fsp3) is 0.130. The van der Waals surface area contributed by atoms with Gasteiger partial charge in [0.25, 0.3) is 16.0 Å². The molecule has 0 aliphatic rings. The van der Waals surface area contributed by atoms with Gasteiger partial charge in [-0.1, -0.05) is 23.8 Å². The molecule has 0 bridgehead atoms. The SMILES string of the molecule is CC(=O)c1c(O)oc(=O)c(C(C)=Nc2cccc(N/C(N)=N/S(=O)(=O)c3ccc(C)cc3)c2)c1O. The molecule has 0 aliphatic heterocycles. The molecule has 0 atom stereocenters. The van der Waals surface area contributed by atoms with Crippen LogP contribution < -0.4 is 16.7 Å². The first-order valence-electron chi connectivity index (χ1n) is 10.1. The number of carbonyl (C=O) groups is 1. The van der Waals surface area contributed by atoms with Gasteiger partial charge in [-0.05, 0) is 51.1 Å². The van der Waals surface area contributed by atoms with Crippen molar-refractivity contribution in [2.45, 2.75) is 25.7 Å². The van der Waals surface area contributed by atoms with Gasteiger partial charge in [-0.3, -0.25) is 9.79 Å². The molecule has 0 saturated heterocycles. The fourth-order valence-electron chi connectivity index (χ4n) is 3.12. The summed E-state index contributed by atoms with van der Waals surface area (Å²) in [6.07, 6.45) is 0. The predicted molar refractivity (Wildman–Crippen MR) is 130 cm³/mol. The molecule has 0 fully saturated rings. The molecule has 3 aromatic rings. The highest BCUT2D eigenvalue weighted by Gasteiger charge is 2.24. The molecule has 35 heavy (non-hydrogen) atoms. The maximum Gasteiger partial charge on any atom is 0.351 e. The monoisotopic (exact) mass is 498 g/mol.